The first-order chi connectivity index (χ1) is 12.5. The van der Waals surface area contributed by atoms with Crippen LogP contribution in [-0.4, -0.2) is 11.0 Å². The maximum atomic E-state index is 14.0. The molecule has 0 amide bonds. The van der Waals surface area contributed by atoms with Crippen molar-refractivity contribution in [3.63, 3.8) is 0 Å². The molecule has 2 aromatic carbocycles. The second kappa shape index (κ2) is 6.05. The molecule has 1 aliphatic carbocycles. The highest BCUT2D eigenvalue weighted by Gasteiger charge is 2.54. The fourth-order valence-corrected chi connectivity index (χ4v) is 3.15. The predicted molar refractivity (Wildman–Crippen MR) is 91.6 cm³/mol. The summed E-state index contributed by atoms with van der Waals surface area (Å²) < 4.78 is 32.8. The van der Waals surface area contributed by atoms with Crippen LogP contribution in [0.15, 0.2) is 53.3 Å². The smallest absolute Gasteiger partial charge is 0.317 e. The molecule has 4 rings (SSSR count). The van der Waals surface area contributed by atoms with Crippen molar-refractivity contribution in [3.05, 3.63) is 81.6 Å². The van der Waals surface area contributed by atoms with Crippen molar-refractivity contribution in [3.8, 4) is 0 Å². The molecule has 1 fully saturated rings. The number of aromatic nitrogens is 1. The summed E-state index contributed by atoms with van der Waals surface area (Å²) in [7, 11) is 0. The number of para-hydroxylation sites is 1. The summed E-state index contributed by atoms with van der Waals surface area (Å²) in [5.41, 5.74) is -0.510. The molecule has 0 unspecified atom stereocenters. The third kappa shape index (κ3) is 2.77. The van der Waals surface area contributed by atoms with Crippen LogP contribution in [0.3, 0.4) is 0 Å². The summed E-state index contributed by atoms with van der Waals surface area (Å²) in [6.07, 6.45) is 0.778. The summed E-state index contributed by atoms with van der Waals surface area (Å²) in [6, 6.07) is 12.0. The van der Waals surface area contributed by atoms with Gasteiger partial charge in [0.1, 0.15) is 18.2 Å². The molecule has 0 aliphatic heterocycles. The van der Waals surface area contributed by atoms with E-state index in [1.165, 1.54) is 0 Å². The second-order valence-electron chi connectivity index (χ2n) is 6.49. The average Bonchev–Trinajstić information content (AvgIpc) is 3.43. The van der Waals surface area contributed by atoms with Crippen LogP contribution in [0.4, 0.5) is 8.78 Å². The van der Waals surface area contributed by atoms with E-state index in [0.29, 0.717) is 23.9 Å². The molecule has 0 spiro atoms. The Kier molecular flexibility index (Phi) is 3.83. The van der Waals surface area contributed by atoms with E-state index in [1.54, 1.807) is 12.1 Å². The van der Waals surface area contributed by atoms with E-state index in [4.69, 9.17) is 4.74 Å². The third-order valence-electron chi connectivity index (χ3n) is 4.77. The van der Waals surface area contributed by atoms with E-state index in [9.17, 15) is 18.4 Å². The lowest BCUT2D eigenvalue weighted by Crippen LogP contribution is -2.26. The molecule has 6 heteroatoms. The topological polar surface area (TPSA) is 59.2 Å². The van der Waals surface area contributed by atoms with Crippen LogP contribution >= 0.6 is 0 Å². The minimum Gasteiger partial charge on any atom is -0.460 e. The molecule has 0 radical (unpaired) electrons. The normalized spacial score (nSPS) is 15.0. The minimum absolute atomic E-state index is 0.00919. The van der Waals surface area contributed by atoms with E-state index in [2.05, 4.69) is 4.98 Å². The van der Waals surface area contributed by atoms with Gasteiger partial charge >= 0.3 is 5.97 Å². The molecule has 3 aromatic rings. The van der Waals surface area contributed by atoms with Gasteiger partial charge in [-0.1, -0.05) is 18.2 Å². The highest BCUT2D eigenvalue weighted by molar-refractivity contribution is 5.86. The van der Waals surface area contributed by atoms with Gasteiger partial charge in [0.2, 0.25) is 0 Å². The monoisotopic (exact) mass is 355 g/mol. The van der Waals surface area contributed by atoms with Crippen molar-refractivity contribution in [2.24, 2.45) is 0 Å². The Labute approximate surface area is 147 Å². The Morgan fingerprint density at radius 3 is 2.65 bits per heavy atom. The molecule has 1 aromatic heterocycles. The fourth-order valence-electron chi connectivity index (χ4n) is 3.15. The number of pyridine rings is 1. The third-order valence-corrected chi connectivity index (χ3v) is 4.77. The molecule has 132 valence electrons. The molecular formula is C20H15F2NO3. The first-order valence-electron chi connectivity index (χ1n) is 8.23. The van der Waals surface area contributed by atoms with Gasteiger partial charge in [-0.15, -0.1) is 0 Å². The van der Waals surface area contributed by atoms with Gasteiger partial charge < -0.3 is 9.72 Å². The molecule has 0 saturated heterocycles. The van der Waals surface area contributed by atoms with Crippen molar-refractivity contribution in [2.75, 3.05) is 0 Å². The maximum absolute atomic E-state index is 14.0. The van der Waals surface area contributed by atoms with Crippen LogP contribution < -0.4 is 5.56 Å². The van der Waals surface area contributed by atoms with Gasteiger partial charge in [-0.2, -0.15) is 0 Å². The average molecular weight is 355 g/mol. The molecule has 26 heavy (non-hydrogen) atoms. The van der Waals surface area contributed by atoms with Gasteiger partial charge in [0.25, 0.3) is 5.56 Å². The largest absolute Gasteiger partial charge is 0.460 e. The molecule has 1 aliphatic rings. The van der Waals surface area contributed by atoms with Gasteiger partial charge in [-0.05, 0) is 48.6 Å². The van der Waals surface area contributed by atoms with Crippen molar-refractivity contribution in [1.82, 2.24) is 4.98 Å². The Morgan fingerprint density at radius 1 is 1.12 bits per heavy atom. The highest BCUT2D eigenvalue weighted by atomic mass is 19.1. The first kappa shape index (κ1) is 16.4. The van der Waals surface area contributed by atoms with E-state index >= 15 is 0 Å². The van der Waals surface area contributed by atoms with E-state index in [0.717, 1.165) is 23.6 Å². The van der Waals surface area contributed by atoms with Crippen LogP contribution in [0.2, 0.25) is 0 Å². The van der Waals surface area contributed by atoms with Crippen LogP contribution in [-0.2, 0) is 21.6 Å². The molecule has 1 N–H and O–H groups in total. The predicted octanol–water partition coefficient (Wildman–Crippen LogP) is 3.58. The van der Waals surface area contributed by atoms with Crippen LogP contribution in [0, 0.1) is 11.6 Å². The molecule has 1 heterocycles. The molecule has 1 saturated carbocycles. The van der Waals surface area contributed by atoms with E-state index < -0.39 is 23.0 Å². The number of rotatable bonds is 4. The van der Waals surface area contributed by atoms with E-state index in [-0.39, 0.29) is 17.7 Å². The number of benzene rings is 2. The number of nitrogens with one attached hydrogen (secondary N) is 1. The Bertz CT molecular complexity index is 1070. The number of carbonyl (C=O) groups excluding carboxylic acids is 1. The number of hydrogen-bond donors (Lipinski definition) is 1. The van der Waals surface area contributed by atoms with Crippen molar-refractivity contribution in [1.29, 1.82) is 0 Å². The second-order valence-corrected chi connectivity index (χ2v) is 6.49. The Hall–Kier alpha value is -3.02. The van der Waals surface area contributed by atoms with Crippen molar-refractivity contribution >= 4 is 16.9 Å². The van der Waals surface area contributed by atoms with Gasteiger partial charge in [-0.3, -0.25) is 9.59 Å². The number of hydrogen-bond acceptors (Lipinski definition) is 3. The number of carbonyl (C=O) groups is 1. The zero-order valence-corrected chi connectivity index (χ0v) is 13.7. The Morgan fingerprint density at radius 2 is 1.88 bits per heavy atom. The summed E-state index contributed by atoms with van der Waals surface area (Å²) in [5, 5.41) is 0.815. The Balaban J connectivity index is 1.57. The van der Waals surface area contributed by atoms with Gasteiger partial charge in [0.05, 0.1) is 11.0 Å². The quantitative estimate of drug-likeness (QED) is 0.728. The van der Waals surface area contributed by atoms with Crippen molar-refractivity contribution in [2.45, 2.75) is 24.9 Å². The van der Waals surface area contributed by atoms with Gasteiger partial charge in [0.15, 0.2) is 0 Å². The minimum atomic E-state index is -1.16. The molecule has 4 nitrogen and oxygen atoms in total. The van der Waals surface area contributed by atoms with Crippen LogP contribution in [0.5, 0.6) is 0 Å². The molecule has 0 bridgehead atoms. The summed E-state index contributed by atoms with van der Waals surface area (Å²) in [5.74, 6) is -1.88. The van der Waals surface area contributed by atoms with Gasteiger partial charge in [0, 0.05) is 11.1 Å². The zero-order valence-electron chi connectivity index (χ0n) is 13.7. The maximum Gasteiger partial charge on any atom is 0.317 e. The summed E-state index contributed by atoms with van der Waals surface area (Å²) in [4.78, 5) is 27.4. The number of ether oxygens (including phenoxy) is 1. The molecule has 0 atom stereocenters. The van der Waals surface area contributed by atoms with Crippen LogP contribution in [0.1, 0.15) is 24.0 Å². The highest BCUT2D eigenvalue weighted by Crippen LogP contribution is 2.50. The lowest BCUT2D eigenvalue weighted by Gasteiger charge is -2.16. The van der Waals surface area contributed by atoms with Crippen molar-refractivity contribution < 1.29 is 18.3 Å². The number of fused-ring (bicyclic) bond motifs is 1. The van der Waals surface area contributed by atoms with Crippen LogP contribution in [0.25, 0.3) is 10.9 Å². The fraction of sp³-hybridized carbons (Fsp3) is 0.200. The number of halogens is 2. The van der Waals surface area contributed by atoms with Gasteiger partial charge in [-0.25, -0.2) is 8.78 Å². The number of H-pyrrole nitrogens is 1. The standard InChI is InChI=1S/C20H15F2NO3/c21-14-5-6-16(22)15(10-14)20(7-8-20)19(25)26-11-13-9-12-3-1-2-4-17(12)23-18(13)24/h1-6,9-10H,7-8,11H2,(H,23,24). The lowest BCUT2D eigenvalue weighted by atomic mass is 9.95. The van der Waals surface area contributed by atoms with E-state index in [1.807, 2.05) is 18.2 Å². The SMILES string of the molecule is O=C(OCc1cc2ccccc2[nH]c1=O)C1(c2cc(F)ccc2F)CC1. The first-order valence-corrected chi connectivity index (χ1v) is 8.23. The number of aromatic amines is 1. The molecular weight excluding hydrogens is 340 g/mol. The summed E-state index contributed by atoms with van der Waals surface area (Å²) in [6.45, 7) is -0.225. The summed E-state index contributed by atoms with van der Waals surface area (Å²) >= 11 is 0. The lowest BCUT2D eigenvalue weighted by molar-refractivity contribution is -0.148. The number of esters is 1. The zero-order chi connectivity index (χ0) is 18.3.